The first kappa shape index (κ1) is 16.7. The summed E-state index contributed by atoms with van der Waals surface area (Å²) in [6.07, 6.45) is 0. The number of hydrogen-bond acceptors (Lipinski definition) is 5. The van der Waals surface area contributed by atoms with Crippen LogP contribution in [0.4, 0.5) is 0 Å². The highest BCUT2D eigenvalue weighted by molar-refractivity contribution is 8.00. The Kier molecular flexibility index (Phi) is 5.01. The van der Waals surface area contributed by atoms with Crippen molar-refractivity contribution in [2.24, 2.45) is 0 Å². The van der Waals surface area contributed by atoms with Crippen molar-refractivity contribution >= 4 is 39.2 Å². The Labute approximate surface area is 147 Å². The van der Waals surface area contributed by atoms with Crippen LogP contribution in [0.15, 0.2) is 45.7 Å². The molecule has 1 atom stereocenters. The van der Waals surface area contributed by atoms with Crippen LogP contribution in [0.2, 0.25) is 0 Å². The SMILES string of the molecule is CCNC(=O)[C@H](C)Sc1nc2scc(-c3ccccc3)c2c(=O)[nH]1. The Morgan fingerprint density at radius 1 is 1.38 bits per heavy atom. The molecule has 1 aromatic carbocycles. The predicted molar refractivity (Wildman–Crippen MR) is 99.7 cm³/mol. The summed E-state index contributed by atoms with van der Waals surface area (Å²) in [7, 11) is 0. The smallest absolute Gasteiger partial charge is 0.260 e. The number of H-pyrrole nitrogens is 1. The number of fused-ring (bicyclic) bond motifs is 1. The van der Waals surface area contributed by atoms with Crippen molar-refractivity contribution in [2.75, 3.05) is 6.54 Å². The molecule has 24 heavy (non-hydrogen) atoms. The fourth-order valence-corrected chi connectivity index (χ4v) is 4.18. The molecule has 0 aliphatic heterocycles. The summed E-state index contributed by atoms with van der Waals surface area (Å²) < 4.78 is 0. The van der Waals surface area contributed by atoms with Gasteiger partial charge < -0.3 is 10.3 Å². The number of amides is 1. The van der Waals surface area contributed by atoms with Crippen LogP contribution in [0.25, 0.3) is 21.3 Å². The van der Waals surface area contributed by atoms with Gasteiger partial charge in [0.15, 0.2) is 5.16 Å². The molecule has 3 rings (SSSR count). The summed E-state index contributed by atoms with van der Waals surface area (Å²) in [5.41, 5.74) is 1.70. The summed E-state index contributed by atoms with van der Waals surface area (Å²) in [6.45, 7) is 4.25. The highest BCUT2D eigenvalue weighted by Crippen LogP contribution is 2.31. The Hall–Kier alpha value is -2.12. The molecule has 0 radical (unpaired) electrons. The molecule has 2 N–H and O–H groups in total. The van der Waals surface area contributed by atoms with Crippen LogP contribution in [-0.4, -0.2) is 27.7 Å². The second-order valence-corrected chi connectivity index (χ2v) is 7.41. The van der Waals surface area contributed by atoms with Gasteiger partial charge in [-0.15, -0.1) is 11.3 Å². The number of nitrogens with zero attached hydrogens (tertiary/aromatic N) is 1. The van der Waals surface area contributed by atoms with E-state index in [0.29, 0.717) is 21.9 Å². The largest absolute Gasteiger partial charge is 0.355 e. The van der Waals surface area contributed by atoms with E-state index in [2.05, 4.69) is 15.3 Å². The average Bonchev–Trinajstić information content (AvgIpc) is 3.00. The molecule has 3 aromatic rings. The van der Waals surface area contributed by atoms with Gasteiger partial charge in [0, 0.05) is 17.5 Å². The standard InChI is InChI=1S/C17H17N3O2S2/c1-3-18-14(21)10(2)24-17-19-15(22)13-12(9-23-16(13)20-17)11-7-5-4-6-8-11/h4-10H,3H2,1-2H3,(H,18,21)(H,19,20,22)/t10-/m0/s1. The lowest BCUT2D eigenvalue weighted by Gasteiger charge is -2.09. The zero-order valence-electron chi connectivity index (χ0n) is 13.3. The zero-order valence-corrected chi connectivity index (χ0v) is 15.0. The van der Waals surface area contributed by atoms with Gasteiger partial charge in [0.25, 0.3) is 5.56 Å². The van der Waals surface area contributed by atoms with E-state index < -0.39 is 0 Å². The lowest BCUT2D eigenvalue weighted by molar-refractivity contribution is -0.120. The van der Waals surface area contributed by atoms with Gasteiger partial charge in [-0.2, -0.15) is 0 Å². The fraction of sp³-hybridized carbons (Fsp3) is 0.235. The van der Waals surface area contributed by atoms with E-state index in [0.717, 1.165) is 11.1 Å². The first-order chi connectivity index (χ1) is 11.6. The van der Waals surface area contributed by atoms with E-state index in [-0.39, 0.29) is 16.7 Å². The summed E-state index contributed by atoms with van der Waals surface area (Å²) in [5, 5.41) is 5.46. The third-order valence-corrected chi connectivity index (χ3v) is 5.37. The van der Waals surface area contributed by atoms with Gasteiger partial charge in [0.1, 0.15) is 4.83 Å². The molecular formula is C17H17N3O2S2. The lowest BCUT2D eigenvalue weighted by atomic mass is 10.1. The number of benzene rings is 1. The molecule has 124 valence electrons. The van der Waals surface area contributed by atoms with Gasteiger partial charge in [-0.25, -0.2) is 4.98 Å². The topological polar surface area (TPSA) is 74.8 Å². The van der Waals surface area contributed by atoms with Crippen LogP contribution in [-0.2, 0) is 4.79 Å². The quantitative estimate of drug-likeness (QED) is 0.542. The highest BCUT2D eigenvalue weighted by Gasteiger charge is 2.17. The number of rotatable bonds is 5. The monoisotopic (exact) mass is 359 g/mol. The molecule has 2 aromatic heterocycles. The fourth-order valence-electron chi connectivity index (χ4n) is 2.35. The van der Waals surface area contributed by atoms with Crippen molar-refractivity contribution < 1.29 is 4.79 Å². The number of thiophene rings is 1. The highest BCUT2D eigenvalue weighted by atomic mass is 32.2. The molecule has 1 amide bonds. The van der Waals surface area contributed by atoms with Crippen molar-refractivity contribution in [3.05, 3.63) is 46.1 Å². The number of thioether (sulfide) groups is 1. The van der Waals surface area contributed by atoms with Crippen LogP contribution in [0.1, 0.15) is 13.8 Å². The average molecular weight is 359 g/mol. The third-order valence-electron chi connectivity index (χ3n) is 3.52. The Morgan fingerprint density at radius 2 is 2.12 bits per heavy atom. The predicted octanol–water partition coefficient (Wildman–Crippen LogP) is 3.27. The molecule has 0 aliphatic carbocycles. The minimum atomic E-state index is -0.320. The van der Waals surface area contributed by atoms with Gasteiger partial charge in [-0.1, -0.05) is 42.1 Å². The summed E-state index contributed by atoms with van der Waals surface area (Å²) in [5.74, 6) is -0.0681. The van der Waals surface area contributed by atoms with E-state index in [1.165, 1.54) is 23.1 Å². The Balaban J connectivity index is 1.95. The van der Waals surface area contributed by atoms with Crippen molar-refractivity contribution in [2.45, 2.75) is 24.3 Å². The van der Waals surface area contributed by atoms with Crippen LogP contribution in [0.5, 0.6) is 0 Å². The van der Waals surface area contributed by atoms with Gasteiger partial charge in [-0.05, 0) is 19.4 Å². The van der Waals surface area contributed by atoms with Gasteiger partial charge >= 0.3 is 0 Å². The molecule has 0 aliphatic rings. The van der Waals surface area contributed by atoms with E-state index in [1.807, 2.05) is 42.6 Å². The normalized spacial score (nSPS) is 12.2. The lowest BCUT2D eigenvalue weighted by Crippen LogP contribution is -2.30. The first-order valence-electron chi connectivity index (χ1n) is 7.61. The number of carbonyl (C=O) groups is 1. The Bertz CT molecular complexity index is 918. The second-order valence-electron chi connectivity index (χ2n) is 5.22. The maximum atomic E-state index is 12.5. The number of carbonyl (C=O) groups excluding carboxylic acids is 1. The molecule has 0 bridgehead atoms. The minimum absolute atomic E-state index is 0.0681. The van der Waals surface area contributed by atoms with Crippen molar-refractivity contribution in [1.82, 2.24) is 15.3 Å². The van der Waals surface area contributed by atoms with Crippen LogP contribution in [0, 0.1) is 0 Å². The third kappa shape index (κ3) is 3.37. The molecule has 5 nitrogen and oxygen atoms in total. The van der Waals surface area contributed by atoms with E-state index >= 15 is 0 Å². The molecule has 2 heterocycles. The van der Waals surface area contributed by atoms with Crippen molar-refractivity contribution in [3.8, 4) is 11.1 Å². The molecule has 0 saturated carbocycles. The molecule has 7 heteroatoms. The zero-order chi connectivity index (χ0) is 17.1. The van der Waals surface area contributed by atoms with Crippen LogP contribution < -0.4 is 10.9 Å². The second kappa shape index (κ2) is 7.19. The van der Waals surface area contributed by atoms with Crippen molar-refractivity contribution in [1.29, 1.82) is 0 Å². The maximum Gasteiger partial charge on any atom is 0.260 e. The molecule has 0 fully saturated rings. The van der Waals surface area contributed by atoms with Gasteiger partial charge in [0.05, 0.1) is 10.6 Å². The molecule has 0 unspecified atom stereocenters. The molecule has 0 saturated heterocycles. The van der Waals surface area contributed by atoms with Gasteiger partial charge in [0.2, 0.25) is 5.91 Å². The van der Waals surface area contributed by atoms with Crippen LogP contribution in [0.3, 0.4) is 0 Å². The number of hydrogen-bond donors (Lipinski definition) is 2. The number of nitrogens with one attached hydrogen (secondary N) is 2. The minimum Gasteiger partial charge on any atom is -0.355 e. The number of aromatic amines is 1. The van der Waals surface area contributed by atoms with E-state index in [1.54, 1.807) is 6.92 Å². The summed E-state index contributed by atoms with van der Waals surface area (Å²) >= 11 is 2.69. The van der Waals surface area contributed by atoms with Gasteiger partial charge in [-0.3, -0.25) is 9.59 Å². The van der Waals surface area contributed by atoms with Crippen molar-refractivity contribution in [3.63, 3.8) is 0 Å². The first-order valence-corrected chi connectivity index (χ1v) is 9.37. The molecular weight excluding hydrogens is 342 g/mol. The number of aromatic nitrogens is 2. The Morgan fingerprint density at radius 3 is 2.83 bits per heavy atom. The van der Waals surface area contributed by atoms with E-state index in [9.17, 15) is 9.59 Å². The van der Waals surface area contributed by atoms with E-state index in [4.69, 9.17) is 0 Å². The van der Waals surface area contributed by atoms with Crippen LogP contribution >= 0.6 is 23.1 Å². The summed E-state index contributed by atoms with van der Waals surface area (Å²) in [6, 6.07) is 9.77. The molecule has 0 spiro atoms. The maximum absolute atomic E-state index is 12.5. The summed E-state index contributed by atoms with van der Waals surface area (Å²) in [4.78, 5) is 32.4.